The van der Waals surface area contributed by atoms with Crippen molar-refractivity contribution >= 4 is 39.0 Å². The van der Waals surface area contributed by atoms with Gasteiger partial charge in [-0.2, -0.15) is 0 Å². The van der Waals surface area contributed by atoms with E-state index in [4.69, 9.17) is 5.73 Å². The molecule has 2 atom stereocenters. The maximum atomic E-state index is 6.10. The quantitative estimate of drug-likeness (QED) is 0.824. The summed E-state index contributed by atoms with van der Waals surface area (Å²) in [6.45, 7) is 2.06. The summed E-state index contributed by atoms with van der Waals surface area (Å²) >= 11 is 7.17. The molecule has 90 valence electrons. The van der Waals surface area contributed by atoms with Crippen molar-refractivity contribution in [3.05, 3.63) is 51.1 Å². The average molecular weight is 328 g/mol. The Kier molecular flexibility index (Phi) is 4.68. The highest BCUT2D eigenvalue weighted by atomic mass is 79.9. The molecule has 1 nitrogen and oxygen atoms in total. The topological polar surface area (TPSA) is 26.0 Å². The van der Waals surface area contributed by atoms with Gasteiger partial charge in [0.05, 0.1) is 5.25 Å². The lowest BCUT2D eigenvalue weighted by atomic mass is 10.2. The van der Waals surface area contributed by atoms with E-state index in [-0.39, 0.29) is 6.04 Å². The van der Waals surface area contributed by atoms with E-state index in [1.165, 1.54) is 9.77 Å². The zero-order valence-corrected chi connectivity index (χ0v) is 12.7. The minimum Gasteiger partial charge on any atom is -0.327 e. The van der Waals surface area contributed by atoms with Gasteiger partial charge >= 0.3 is 0 Å². The summed E-state index contributed by atoms with van der Waals surface area (Å²) in [5, 5.41) is 2.42. The molecular weight excluding hydrogens is 314 g/mol. The highest BCUT2D eigenvalue weighted by Gasteiger charge is 2.19. The summed E-state index contributed by atoms with van der Waals surface area (Å²) in [5.74, 6) is 0. The van der Waals surface area contributed by atoms with E-state index in [1.54, 1.807) is 11.3 Å². The van der Waals surface area contributed by atoms with Crippen molar-refractivity contribution < 1.29 is 0 Å². The van der Waals surface area contributed by atoms with Crippen LogP contribution in [-0.4, -0.2) is 6.04 Å². The van der Waals surface area contributed by atoms with Gasteiger partial charge in [-0.05, 0) is 46.4 Å². The second-order valence-electron chi connectivity index (χ2n) is 3.84. The molecule has 0 spiro atoms. The van der Waals surface area contributed by atoms with E-state index in [9.17, 15) is 0 Å². The van der Waals surface area contributed by atoms with E-state index in [2.05, 4.69) is 58.6 Å². The Balaban J connectivity index is 2.23. The van der Waals surface area contributed by atoms with Crippen LogP contribution in [0.1, 0.15) is 17.1 Å². The lowest BCUT2D eigenvalue weighted by molar-refractivity contribution is 0.730. The number of rotatable bonds is 4. The van der Waals surface area contributed by atoms with Gasteiger partial charge in [-0.25, -0.2) is 0 Å². The molecule has 0 amide bonds. The molecule has 0 aliphatic rings. The maximum absolute atomic E-state index is 6.10. The van der Waals surface area contributed by atoms with Crippen molar-refractivity contribution in [3.8, 4) is 0 Å². The van der Waals surface area contributed by atoms with Crippen LogP contribution in [0.3, 0.4) is 0 Å². The third-order valence-electron chi connectivity index (χ3n) is 2.39. The van der Waals surface area contributed by atoms with Crippen molar-refractivity contribution in [2.45, 2.75) is 23.1 Å². The number of nitrogens with two attached hydrogens (primary N) is 1. The molecule has 2 unspecified atom stereocenters. The largest absolute Gasteiger partial charge is 0.327 e. The van der Waals surface area contributed by atoms with Crippen molar-refractivity contribution in [2.75, 3.05) is 0 Å². The summed E-state index contributed by atoms with van der Waals surface area (Å²) in [5.41, 5.74) is 6.10. The second-order valence-corrected chi connectivity index (χ2v) is 6.86. The van der Waals surface area contributed by atoms with E-state index in [0.717, 1.165) is 4.47 Å². The molecule has 0 saturated carbocycles. The van der Waals surface area contributed by atoms with Crippen LogP contribution in [0, 0.1) is 0 Å². The van der Waals surface area contributed by atoms with Crippen LogP contribution in [0.5, 0.6) is 0 Å². The zero-order chi connectivity index (χ0) is 12.3. The Labute approximate surface area is 119 Å². The third-order valence-corrected chi connectivity index (χ3v) is 6.00. The first kappa shape index (κ1) is 13.1. The Hall–Kier alpha value is -0.290. The first-order chi connectivity index (χ1) is 8.18. The van der Waals surface area contributed by atoms with Crippen LogP contribution >= 0.6 is 39.0 Å². The lowest BCUT2D eigenvalue weighted by Gasteiger charge is -2.19. The predicted molar refractivity (Wildman–Crippen MR) is 80.7 cm³/mol. The highest BCUT2D eigenvalue weighted by Crippen LogP contribution is 2.41. The van der Waals surface area contributed by atoms with Crippen molar-refractivity contribution in [1.82, 2.24) is 0 Å². The molecule has 0 aliphatic carbocycles. The SMILES string of the molecule is CC(N)C(Sc1ccccc1Br)c1cccs1. The van der Waals surface area contributed by atoms with Crippen molar-refractivity contribution in [2.24, 2.45) is 5.73 Å². The number of halogens is 1. The lowest BCUT2D eigenvalue weighted by Crippen LogP contribution is -2.21. The van der Waals surface area contributed by atoms with E-state index in [1.807, 2.05) is 17.8 Å². The molecule has 4 heteroatoms. The van der Waals surface area contributed by atoms with Crippen LogP contribution < -0.4 is 5.73 Å². The Morgan fingerprint density at radius 1 is 1.24 bits per heavy atom. The predicted octanol–water partition coefficient (Wildman–Crippen LogP) is 4.69. The van der Waals surface area contributed by atoms with Gasteiger partial charge in [-0.15, -0.1) is 23.1 Å². The Bertz CT molecular complexity index is 468. The fourth-order valence-corrected chi connectivity index (χ4v) is 4.27. The zero-order valence-electron chi connectivity index (χ0n) is 9.47. The van der Waals surface area contributed by atoms with Gasteiger partial charge in [0.1, 0.15) is 0 Å². The average Bonchev–Trinajstić information content (AvgIpc) is 2.81. The minimum atomic E-state index is 0.130. The molecule has 17 heavy (non-hydrogen) atoms. The van der Waals surface area contributed by atoms with Gasteiger partial charge < -0.3 is 5.73 Å². The number of benzene rings is 1. The Morgan fingerprint density at radius 3 is 2.59 bits per heavy atom. The molecule has 0 bridgehead atoms. The molecule has 2 N–H and O–H groups in total. The molecule has 0 saturated heterocycles. The molecule has 2 aromatic rings. The van der Waals surface area contributed by atoms with Gasteiger partial charge in [0.15, 0.2) is 0 Å². The first-order valence-electron chi connectivity index (χ1n) is 5.38. The van der Waals surface area contributed by atoms with E-state index < -0.39 is 0 Å². The monoisotopic (exact) mass is 327 g/mol. The minimum absolute atomic E-state index is 0.130. The summed E-state index contributed by atoms with van der Waals surface area (Å²) in [6.07, 6.45) is 0. The smallest absolute Gasteiger partial charge is 0.0586 e. The van der Waals surface area contributed by atoms with Crippen molar-refractivity contribution in [3.63, 3.8) is 0 Å². The maximum Gasteiger partial charge on any atom is 0.0586 e. The molecule has 2 rings (SSSR count). The van der Waals surface area contributed by atoms with Crippen LogP contribution in [0.25, 0.3) is 0 Å². The first-order valence-corrected chi connectivity index (χ1v) is 7.94. The van der Waals surface area contributed by atoms with Gasteiger partial charge in [0.25, 0.3) is 0 Å². The molecule has 0 aliphatic heterocycles. The van der Waals surface area contributed by atoms with Crippen LogP contribution in [-0.2, 0) is 0 Å². The highest BCUT2D eigenvalue weighted by molar-refractivity contribution is 9.10. The number of hydrogen-bond donors (Lipinski definition) is 1. The summed E-state index contributed by atoms with van der Waals surface area (Å²) in [6, 6.07) is 12.6. The number of thiophene rings is 1. The van der Waals surface area contributed by atoms with E-state index in [0.29, 0.717) is 5.25 Å². The van der Waals surface area contributed by atoms with E-state index >= 15 is 0 Å². The molecule has 1 heterocycles. The van der Waals surface area contributed by atoms with Crippen molar-refractivity contribution in [1.29, 1.82) is 0 Å². The standard InChI is InChI=1S/C13H14BrNS2/c1-9(15)13(12-7-4-8-16-12)17-11-6-3-2-5-10(11)14/h2-9,13H,15H2,1H3. The van der Waals surface area contributed by atoms with Gasteiger partial charge in [0, 0.05) is 20.3 Å². The number of thioether (sulfide) groups is 1. The van der Waals surface area contributed by atoms with Gasteiger partial charge in [0.2, 0.25) is 0 Å². The normalized spacial score (nSPS) is 14.5. The fourth-order valence-electron chi connectivity index (χ4n) is 1.55. The third kappa shape index (κ3) is 3.35. The fraction of sp³-hybridized carbons (Fsp3) is 0.231. The van der Waals surface area contributed by atoms with Gasteiger partial charge in [-0.1, -0.05) is 18.2 Å². The summed E-state index contributed by atoms with van der Waals surface area (Å²) in [4.78, 5) is 2.57. The van der Waals surface area contributed by atoms with Crippen LogP contribution in [0.2, 0.25) is 0 Å². The number of hydrogen-bond acceptors (Lipinski definition) is 3. The molecule has 1 aromatic carbocycles. The summed E-state index contributed by atoms with van der Waals surface area (Å²) in [7, 11) is 0. The molecule has 0 radical (unpaired) electrons. The molecular formula is C13H14BrNS2. The van der Waals surface area contributed by atoms with Gasteiger partial charge in [-0.3, -0.25) is 0 Å². The van der Waals surface area contributed by atoms with Crippen LogP contribution in [0.4, 0.5) is 0 Å². The van der Waals surface area contributed by atoms with Crippen LogP contribution in [0.15, 0.2) is 51.1 Å². The molecule has 0 fully saturated rings. The summed E-state index contributed by atoms with van der Waals surface area (Å²) < 4.78 is 1.13. The molecule has 1 aromatic heterocycles. The Morgan fingerprint density at radius 2 is 2.00 bits per heavy atom. The second kappa shape index (κ2) is 6.05.